The van der Waals surface area contributed by atoms with E-state index < -0.39 is 0 Å². The van der Waals surface area contributed by atoms with Crippen molar-refractivity contribution in [2.75, 3.05) is 0 Å². The Hall–Kier alpha value is -1.32. The average molecular weight is 207 g/mol. The molecule has 2 rings (SSSR count). The third-order valence-corrected chi connectivity index (χ3v) is 2.66. The van der Waals surface area contributed by atoms with Gasteiger partial charge in [0.2, 0.25) is 0 Å². The molecule has 0 spiro atoms. The van der Waals surface area contributed by atoms with E-state index in [4.69, 9.17) is 0 Å². The molecule has 0 aromatic carbocycles. The van der Waals surface area contributed by atoms with Crippen LogP contribution in [0.1, 0.15) is 54.4 Å². The minimum Gasteiger partial charge on any atom is -0.349 e. The summed E-state index contributed by atoms with van der Waals surface area (Å²) >= 11 is 0. The molecule has 1 aromatic heterocycles. The summed E-state index contributed by atoms with van der Waals surface area (Å²) in [6.07, 6.45) is 2.22. The van der Waals surface area contributed by atoms with Gasteiger partial charge in [0, 0.05) is 11.7 Å². The van der Waals surface area contributed by atoms with E-state index in [1.165, 1.54) is 0 Å². The molecule has 1 aromatic rings. The van der Waals surface area contributed by atoms with Crippen molar-refractivity contribution >= 4 is 5.91 Å². The largest absolute Gasteiger partial charge is 0.349 e. The van der Waals surface area contributed by atoms with Crippen molar-refractivity contribution in [1.82, 2.24) is 15.5 Å². The number of nitrogens with one attached hydrogen (secondary N) is 2. The molecule has 1 aliphatic carbocycles. The van der Waals surface area contributed by atoms with Crippen LogP contribution in [0.5, 0.6) is 0 Å². The van der Waals surface area contributed by atoms with Crippen molar-refractivity contribution in [2.24, 2.45) is 0 Å². The topological polar surface area (TPSA) is 57.8 Å². The van der Waals surface area contributed by atoms with Crippen LogP contribution >= 0.6 is 0 Å². The molecule has 1 fully saturated rings. The number of nitrogens with zero attached hydrogens (tertiary/aromatic N) is 1. The summed E-state index contributed by atoms with van der Waals surface area (Å²) in [7, 11) is 0. The van der Waals surface area contributed by atoms with Crippen LogP contribution in [0.25, 0.3) is 0 Å². The summed E-state index contributed by atoms with van der Waals surface area (Å²) in [5.41, 5.74) is 2.46. The second kappa shape index (κ2) is 3.68. The van der Waals surface area contributed by atoms with Gasteiger partial charge in [0.05, 0.1) is 11.3 Å². The number of amides is 1. The Morgan fingerprint density at radius 3 is 2.73 bits per heavy atom. The minimum absolute atomic E-state index is 0.0208. The molecular weight excluding hydrogens is 190 g/mol. The minimum atomic E-state index is 0.0208. The number of aromatic nitrogens is 2. The number of hydrogen-bond acceptors (Lipinski definition) is 2. The van der Waals surface area contributed by atoms with Gasteiger partial charge in [-0.1, -0.05) is 13.8 Å². The molecule has 2 N–H and O–H groups in total. The van der Waals surface area contributed by atoms with E-state index >= 15 is 0 Å². The fourth-order valence-corrected chi connectivity index (χ4v) is 1.64. The fourth-order valence-electron chi connectivity index (χ4n) is 1.64. The Bertz CT molecular complexity index is 377. The molecule has 0 saturated heterocycles. The van der Waals surface area contributed by atoms with Gasteiger partial charge >= 0.3 is 0 Å². The van der Waals surface area contributed by atoms with Crippen molar-refractivity contribution in [2.45, 2.75) is 45.6 Å². The van der Waals surface area contributed by atoms with Gasteiger partial charge in [-0.15, -0.1) is 0 Å². The van der Waals surface area contributed by atoms with E-state index in [0.29, 0.717) is 6.04 Å². The first kappa shape index (κ1) is 10.2. The number of carbonyl (C=O) groups is 1. The van der Waals surface area contributed by atoms with Crippen molar-refractivity contribution in [1.29, 1.82) is 0 Å². The van der Waals surface area contributed by atoms with Gasteiger partial charge in [0.25, 0.3) is 5.91 Å². The molecule has 1 amide bonds. The van der Waals surface area contributed by atoms with Crippen molar-refractivity contribution in [3.8, 4) is 0 Å². The molecule has 15 heavy (non-hydrogen) atoms. The maximum Gasteiger partial charge on any atom is 0.255 e. The SMILES string of the molecule is Cc1[nH]nc(C(C)C)c1C(=O)NC1CC1. The normalized spacial score (nSPS) is 15.7. The van der Waals surface area contributed by atoms with Crippen LogP contribution in [-0.4, -0.2) is 22.1 Å². The lowest BCUT2D eigenvalue weighted by atomic mass is 10.0. The predicted molar refractivity (Wildman–Crippen MR) is 57.9 cm³/mol. The summed E-state index contributed by atoms with van der Waals surface area (Å²) in [5, 5.41) is 10.1. The molecule has 0 unspecified atom stereocenters. The Balaban J connectivity index is 2.23. The monoisotopic (exact) mass is 207 g/mol. The van der Waals surface area contributed by atoms with Crippen LogP contribution < -0.4 is 5.32 Å². The molecular formula is C11H17N3O. The van der Waals surface area contributed by atoms with Gasteiger partial charge in [0.1, 0.15) is 0 Å². The maximum atomic E-state index is 11.9. The van der Waals surface area contributed by atoms with E-state index in [-0.39, 0.29) is 11.8 Å². The zero-order valence-corrected chi connectivity index (χ0v) is 9.42. The third-order valence-electron chi connectivity index (χ3n) is 2.66. The van der Waals surface area contributed by atoms with Crippen LogP contribution in [0.3, 0.4) is 0 Å². The summed E-state index contributed by atoms with van der Waals surface area (Å²) in [6.45, 7) is 5.98. The van der Waals surface area contributed by atoms with E-state index in [1.807, 2.05) is 20.8 Å². The lowest BCUT2D eigenvalue weighted by Crippen LogP contribution is -2.26. The molecule has 1 heterocycles. The highest BCUT2D eigenvalue weighted by Gasteiger charge is 2.27. The Morgan fingerprint density at radius 2 is 2.20 bits per heavy atom. The molecule has 1 saturated carbocycles. The molecule has 0 bridgehead atoms. The smallest absolute Gasteiger partial charge is 0.255 e. The fraction of sp³-hybridized carbons (Fsp3) is 0.636. The first-order valence-corrected chi connectivity index (χ1v) is 5.45. The standard InChI is InChI=1S/C11H17N3O/c1-6(2)10-9(7(3)13-14-10)11(15)12-8-4-5-8/h6,8H,4-5H2,1-3H3,(H,12,15)(H,13,14). The summed E-state index contributed by atoms with van der Waals surface area (Å²) in [4.78, 5) is 11.9. The Kier molecular flexibility index (Phi) is 2.50. The van der Waals surface area contributed by atoms with E-state index in [0.717, 1.165) is 29.8 Å². The quantitative estimate of drug-likeness (QED) is 0.793. The lowest BCUT2D eigenvalue weighted by Gasteiger charge is -2.06. The Labute approximate surface area is 89.5 Å². The van der Waals surface area contributed by atoms with Crippen LogP contribution in [0.15, 0.2) is 0 Å². The Morgan fingerprint density at radius 1 is 1.53 bits per heavy atom. The van der Waals surface area contributed by atoms with Gasteiger partial charge in [-0.25, -0.2) is 0 Å². The first-order chi connectivity index (χ1) is 7.09. The average Bonchev–Trinajstić information content (AvgIpc) is 2.86. The lowest BCUT2D eigenvalue weighted by molar-refractivity contribution is 0.0949. The van der Waals surface area contributed by atoms with E-state index in [1.54, 1.807) is 0 Å². The maximum absolute atomic E-state index is 11.9. The molecule has 4 heteroatoms. The first-order valence-electron chi connectivity index (χ1n) is 5.45. The predicted octanol–water partition coefficient (Wildman–Crippen LogP) is 1.73. The van der Waals surface area contributed by atoms with Crippen LogP contribution in [0.4, 0.5) is 0 Å². The van der Waals surface area contributed by atoms with Crippen molar-refractivity contribution in [3.63, 3.8) is 0 Å². The number of aryl methyl sites for hydroxylation is 1. The summed E-state index contributed by atoms with van der Waals surface area (Å²) in [6, 6.07) is 0.395. The zero-order valence-electron chi connectivity index (χ0n) is 9.42. The highest BCUT2D eigenvalue weighted by Crippen LogP contribution is 2.23. The molecule has 4 nitrogen and oxygen atoms in total. The summed E-state index contributed by atoms with van der Waals surface area (Å²) < 4.78 is 0. The van der Waals surface area contributed by atoms with Crippen LogP contribution in [0, 0.1) is 6.92 Å². The van der Waals surface area contributed by atoms with Crippen LogP contribution in [-0.2, 0) is 0 Å². The molecule has 82 valence electrons. The molecule has 0 aliphatic heterocycles. The number of H-pyrrole nitrogens is 1. The number of aromatic amines is 1. The van der Waals surface area contributed by atoms with E-state index in [9.17, 15) is 4.79 Å². The third kappa shape index (κ3) is 2.03. The van der Waals surface area contributed by atoms with Gasteiger partial charge in [-0.2, -0.15) is 5.10 Å². The zero-order chi connectivity index (χ0) is 11.0. The molecule has 0 radical (unpaired) electrons. The highest BCUT2D eigenvalue weighted by molar-refractivity contribution is 5.96. The molecule has 0 atom stereocenters. The second-order valence-electron chi connectivity index (χ2n) is 4.51. The number of hydrogen-bond donors (Lipinski definition) is 2. The van der Waals surface area contributed by atoms with Crippen molar-refractivity contribution in [3.05, 3.63) is 17.0 Å². The van der Waals surface area contributed by atoms with Gasteiger partial charge < -0.3 is 5.32 Å². The number of carbonyl (C=O) groups excluding carboxylic acids is 1. The second-order valence-corrected chi connectivity index (χ2v) is 4.51. The number of rotatable bonds is 3. The highest BCUT2D eigenvalue weighted by atomic mass is 16.1. The molecule has 1 aliphatic rings. The van der Waals surface area contributed by atoms with E-state index in [2.05, 4.69) is 15.5 Å². The van der Waals surface area contributed by atoms with Gasteiger partial charge in [0.15, 0.2) is 0 Å². The van der Waals surface area contributed by atoms with Crippen molar-refractivity contribution < 1.29 is 4.79 Å². The van der Waals surface area contributed by atoms with Gasteiger partial charge in [-0.3, -0.25) is 9.89 Å². The van der Waals surface area contributed by atoms with Crippen LogP contribution in [0.2, 0.25) is 0 Å². The van der Waals surface area contributed by atoms with Gasteiger partial charge in [-0.05, 0) is 25.7 Å². The summed E-state index contributed by atoms with van der Waals surface area (Å²) in [5.74, 6) is 0.294.